The van der Waals surface area contributed by atoms with Crippen LogP contribution < -0.4 is 0 Å². The van der Waals surface area contributed by atoms with Crippen LogP contribution in [0.4, 0.5) is 0 Å². The van der Waals surface area contributed by atoms with E-state index in [1.54, 1.807) is 0 Å². The molecule has 0 bridgehead atoms. The highest BCUT2D eigenvalue weighted by Gasteiger charge is 2.45. The number of likely N-dealkylation sites (tertiary alicyclic amines) is 1. The Kier molecular flexibility index (Phi) is 3.82. The molecular weight excluding hydrogens is 246 g/mol. The highest BCUT2D eigenvalue weighted by Crippen LogP contribution is 2.46. The quantitative estimate of drug-likeness (QED) is 0.814. The lowest BCUT2D eigenvalue weighted by molar-refractivity contribution is -0.149. The van der Waals surface area contributed by atoms with E-state index in [0.717, 1.165) is 45.2 Å². The lowest BCUT2D eigenvalue weighted by Gasteiger charge is -2.45. The minimum atomic E-state index is 0.0135. The minimum absolute atomic E-state index is 0.0135. The predicted molar refractivity (Wildman–Crippen MR) is 81.6 cm³/mol. The molecule has 20 heavy (non-hydrogen) atoms. The number of hydrogen-bond donors (Lipinski definition) is 0. The van der Waals surface area contributed by atoms with Crippen molar-refractivity contribution in [2.24, 2.45) is 5.41 Å². The fraction of sp³-hybridized carbons (Fsp3) is 0.611. The van der Waals surface area contributed by atoms with Crippen LogP contribution >= 0.6 is 0 Å². The summed E-state index contributed by atoms with van der Waals surface area (Å²) in [5, 5.41) is 0. The molecule has 2 heteroatoms. The molecule has 3 rings (SSSR count). The molecular formula is C18H25NO. The second kappa shape index (κ2) is 5.59. The molecule has 108 valence electrons. The van der Waals surface area contributed by atoms with Crippen molar-refractivity contribution in [2.75, 3.05) is 13.1 Å². The van der Waals surface area contributed by atoms with Crippen LogP contribution in [0.1, 0.15) is 56.9 Å². The first-order valence-electron chi connectivity index (χ1n) is 8.09. The number of carbonyl (C=O) groups is 1. The molecule has 1 heterocycles. The van der Waals surface area contributed by atoms with E-state index in [9.17, 15) is 4.79 Å². The Bertz CT molecular complexity index is 450. The fourth-order valence-corrected chi connectivity index (χ4v) is 3.80. The molecule has 1 saturated heterocycles. The molecule has 0 aromatic heterocycles. The van der Waals surface area contributed by atoms with Gasteiger partial charge in [-0.1, -0.05) is 43.7 Å². The standard InChI is InChI=1S/C18H25NO/c1-2-18(11-6-12-18)17(20)19-13-9-16(10-14-19)15-7-4-3-5-8-15/h3-5,7-8,16H,2,6,9-14H2,1H3. The summed E-state index contributed by atoms with van der Waals surface area (Å²) in [5.41, 5.74) is 1.45. The van der Waals surface area contributed by atoms with Crippen molar-refractivity contribution in [1.82, 2.24) is 4.90 Å². The van der Waals surface area contributed by atoms with E-state index in [1.807, 2.05) is 0 Å². The van der Waals surface area contributed by atoms with Gasteiger partial charge >= 0.3 is 0 Å². The first-order chi connectivity index (χ1) is 9.75. The Labute approximate surface area is 122 Å². The van der Waals surface area contributed by atoms with Crippen molar-refractivity contribution in [3.05, 3.63) is 35.9 Å². The van der Waals surface area contributed by atoms with Crippen molar-refractivity contribution < 1.29 is 4.79 Å². The largest absolute Gasteiger partial charge is 0.342 e. The summed E-state index contributed by atoms with van der Waals surface area (Å²) in [6, 6.07) is 10.8. The molecule has 0 radical (unpaired) electrons. The summed E-state index contributed by atoms with van der Waals surface area (Å²) < 4.78 is 0. The third-order valence-electron chi connectivity index (χ3n) is 5.49. The molecule has 0 unspecified atom stereocenters. The summed E-state index contributed by atoms with van der Waals surface area (Å²) >= 11 is 0. The van der Waals surface area contributed by atoms with Gasteiger partial charge in [-0.2, -0.15) is 0 Å². The van der Waals surface area contributed by atoms with Crippen LogP contribution in [0.2, 0.25) is 0 Å². The fourth-order valence-electron chi connectivity index (χ4n) is 3.80. The van der Waals surface area contributed by atoms with Gasteiger partial charge in [0.25, 0.3) is 0 Å². The molecule has 0 spiro atoms. The summed E-state index contributed by atoms with van der Waals surface area (Å²) in [5.74, 6) is 1.08. The van der Waals surface area contributed by atoms with Crippen molar-refractivity contribution in [2.45, 2.75) is 51.4 Å². The summed E-state index contributed by atoms with van der Waals surface area (Å²) in [6.07, 6.45) is 6.72. The van der Waals surface area contributed by atoms with E-state index in [0.29, 0.717) is 11.8 Å². The van der Waals surface area contributed by atoms with Gasteiger partial charge in [0.15, 0.2) is 0 Å². The number of piperidine rings is 1. The zero-order chi connectivity index (χ0) is 14.0. The lowest BCUT2D eigenvalue weighted by atomic mass is 9.66. The van der Waals surface area contributed by atoms with Crippen LogP contribution in [0.3, 0.4) is 0 Å². The van der Waals surface area contributed by atoms with E-state index >= 15 is 0 Å². The molecule has 2 aliphatic rings. The van der Waals surface area contributed by atoms with Crippen LogP contribution in [0.25, 0.3) is 0 Å². The average Bonchev–Trinajstić information content (AvgIpc) is 2.48. The number of benzene rings is 1. The second-order valence-corrected chi connectivity index (χ2v) is 6.46. The van der Waals surface area contributed by atoms with E-state index in [2.05, 4.69) is 42.2 Å². The maximum Gasteiger partial charge on any atom is 0.228 e. The molecule has 1 aromatic carbocycles. The van der Waals surface area contributed by atoms with E-state index < -0.39 is 0 Å². The van der Waals surface area contributed by atoms with Gasteiger partial charge < -0.3 is 4.90 Å². The molecule has 0 atom stereocenters. The number of rotatable bonds is 3. The van der Waals surface area contributed by atoms with Gasteiger partial charge in [-0.05, 0) is 43.6 Å². The normalized spacial score (nSPS) is 22.4. The van der Waals surface area contributed by atoms with Gasteiger partial charge in [0.05, 0.1) is 0 Å². The van der Waals surface area contributed by atoms with E-state index in [-0.39, 0.29) is 5.41 Å². The third-order valence-corrected chi connectivity index (χ3v) is 5.49. The summed E-state index contributed by atoms with van der Waals surface area (Å²) in [7, 11) is 0. The van der Waals surface area contributed by atoms with E-state index in [1.165, 1.54) is 12.0 Å². The number of hydrogen-bond acceptors (Lipinski definition) is 1. The molecule has 1 aromatic rings. The smallest absolute Gasteiger partial charge is 0.228 e. The van der Waals surface area contributed by atoms with Crippen LogP contribution in [0.5, 0.6) is 0 Å². The van der Waals surface area contributed by atoms with Crippen LogP contribution in [0, 0.1) is 5.41 Å². The highest BCUT2D eigenvalue weighted by atomic mass is 16.2. The zero-order valence-electron chi connectivity index (χ0n) is 12.5. The van der Waals surface area contributed by atoms with Crippen LogP contribution in [-0.2, 0) is 4.79 Å². The molecule has 0 N–H and O–H groups in total. The van der Waals surface area contributed by atoms with Crippen molar-refractivity contribution in [3.63, 3.8) is 0 Å². The molecule has 1 aliphatic heterocycles. The van der Waals surface area contributed by atoms with Crippen molar-refractivity contribution in [1.29, 1.82) is 0 Å². The third kappa shape index (κ3) is 2.36. The van der Waals surface area contributed by atoms with Crippen molar-refractivity contribution in [3.8, 4) is 0 Å². The predicted octanol–water partition coefficient (Wildman–Crippen LogP) is 3.97. The monoisotopic (exact) mass is 271 g/mol. The number of amides is 1. The van der Waals surface area contributed by atoms with Gasteiger partial charge in [0.1, 0.15) is 0 Å². The molecule has 2 fully saturated rings. The first kappa shape index (κ1) is 13.7. The summed E-state index contributed by atoms with van der Waals surface area (Å²) in [4.78, 5) is 14.8. The first-order valence-corrected chi connectivity index (χ1v) is 8.09. The lowest BCUT2D eigenvalue weighted by Crippen LogP contribution is -2.49. The second-order valence-electron chi connectivity index (χ2n) is 6.46. The highest BCUT2D eigenvalue weighted by molar-refractivity contribution is 5.83. The molecule has 1 saturated carbocycles. The zero-order valence-corrected chi connectivity index (χ0v) is 12.5. The Morgan fingerprint density at radius 2 is 1.85 bits per heavy atom. The van der Waals surface area contributed by atoms with Gasteiger partial charge in [0, 0.05) is 18.5 Å². The van der Waals surface area contributed by atoms with Gasteiger partial charge in [0.2, 0.25) is 5.91 Å². The minimum Gasteiger partial charge on any atom is -0.342 e. The Morgan fingerprint density at radius 3 is 2.35 bits per heavy atom. The Balaban J connectivity index is 1.60. The van der Waals surface area contributed by atoms with E-state index in [4.69, 9.17) is 0 Å². The summed E-state index contributed by atoms with van der Waals surface area (Å²) in [6.45, 7) is 4.06. The topological polar surface area (TPSA) is 20.3 Å². The maximum atomic E-state index is 12.7. The number of nitrogens with zero attached hydrogens (tertiary/aromatic N) is 1. The maximum absolute atomic E-state index is 12.7. The Hall–Kier alpha value is -1.31. The molecule has 1 amide bonds. The van der Waals surface area contributed by atoms with Crippen molar-refractivity contribution >= 4 is 5.91 Å². The van der Waals surface area contributed by atoms with Crippen LogP contribution in [-0.4, -0.2) is 23.9 Å². The van der Waals surface area contributed by atoms with Gasteiger partial charge in [-0.3, -0.25) is 4.79 Å². The number of carbonyl (C=O) groups excluding carboxylic acids is 1. The molecule has 1 aliphatic carbocycles. The molecule has 2 nitrogen and oxygen atoms in total. The Morgan fingerprint density at radius 1 is 1.20 bits per heavy atom. The SMILES string of the molecule is CCC1(C(=O)N2CCC(c3ccccc3)CC2)CCC1. The van der Waals surface area contributed by atoms with Gasteiger partial charge in [-0.15, -0.1) is 0 Å². The average molecular weight is 271 g/mol. The van der Waals surface area contributed by atoms with Crippen LogP contribution in [0.15, 0.2) is 30.3 Å². The van der Waals surface area contributed by atoms with Gasteiger partial charge in [-0.25, -0.2) is 0 Å².